The van der Waals surface area contributed by atoms with Gasteiger partial charge in [-0.1, -0.05) is 49.1 Å². The lowest BCUT2D eigenvalue weighted by atomic mass is 9.77. The average molecular weight is 336 g/mol. The molecule has 3 nitrogen and oxygen atoms in total. The van der Waals surface area contributed by atoms with Crippen molar-refractivity contribution >= 4 is 11.6 Å². The minimum absolute atomic E-state index is 0.159. The van der Waals surface area contributed by atoms with E-state index in [-0.39, 0.29) is 11.3 Å². The van der Waals surface area contributed by atoms with Crippen LogP contribution in [0.25, 0.3) is 0 Å². The molecule has 3 rings (SSSR count). The summed E-state index contributed by atoms with van der Waals surface area (Å²) in [5, 5.41) is 0. The molecule has 132 valence electrons. The van der Waals surface area contributed by atoms with Crippen molar-refractivity contribution in [2.75, 3.05) is 31.1 Å². The number of hydrogen-bond acceptors (Lipinski definition) is 2. The number of rotatable bonds is 5. The van der Waals surface area contributed by atoms with Gasteiger partial charge in [0.05, 0.1) is 0 Å². The molecule has 0 aliphatic carbocycles. The highest BCUT2D eigenvalue weighted by atomic mass is 16.2. The molecule has 2 aliphatic heterocycles. The normalized spacial score (nSPS) is 21.4. The highest BCUT2D eigenvalue weighted by molar-refractivity contribution is 5.96. The van der Waals surface area contributed by atoms with Gasteiger partial charge in [-0.2, -0.15) is 0 Å². The van der Waals surface area contributed by atoms with Gasteiger partial charge in [0.1, 0.15) is 0 Å². The molecule has 0 atom stereocenters. The lowest BCUT2D eigenvalue weighted by Crippen LogP contribution is -2.42. The molecule has 1 aromatic carbocycles. The molecule has 0 N–H and O–H groups in total. The Balaban J connectivity index is 1.61. The van der Waals surface area contributed by atoms with Crippen molar-refractivity contribution in [3.05, 3.63) is 66.8 Å². The Morgan fingerprint density at radius 2 is 1.96 bits per heavy atom. The quantitative estimate of drug-likeness (QED) is 0.753. The molecule has 0 bridgehead atoms. The Bertz CT molecular complexity index is 667. The van der Waals surface area contributed by atoms with E-state index in [9.17, 15) is 4.79 Å². The van der Waals surface area contributed by atoms with Gasteiger partial charge in [-0.3, -0.25) is 9.69 Å². The minimum Gasteiger partial charge on any atom is -0.312 e. The van der Waals surface area contributed by atoms with Gasteiger partial charge in [-0.25, -0.2) is 0 Å². The van der Waals surface area contributed by atoms with E-state index in [0.717, 1.165) is 44.7 Å². The van der Waals surface area contributed by atoms with Crippen molar-refractivity contribution < 1.29 is 4.79 Å². The monoisotopic (exact) mass is 336 g/mol. The Hall–Kier alpha value is -2.13. The third-order valence-electron chi connectivity index (χ3n) is 5.42. The first-order chi connectivity index (χ1) is 12.2. The van der Waals surface area contributed by atoms with Crippen LogP contribution in [0.5, 0.6) is 0 Å². The van der Waals surface area contributed by atoms with Crippen LogP contribution in [0.4, 0.5) is 5.69 Å². The van der Waals surface area contributed by atoms with Crippen LogP contribution in [0.1, 0.15) is 26.2 Å². The van der Waals surface area contributed by atoms with Crippen LogP contribution in [-0.4, -0.2) is 37.0 Å². The van der Waals surface area contributed by atoms with Crippen LogP contribution in [0.15, 0.2) is 66.8 Å². The second-order valence-electron chi connectivity index (χ2n) is 7.25. The maximum absolute atomic E-state index is 12.6. The van der Waals surface area contributed by atoms with Crippen molar-refractivity contribution in [1.29, 1.82) is 0 Å². The van der Waals surface area contributed by atoms with E-state index in [1.807, 2.05) is 48.2 Å². The molecule has 2 saturated heterocycles. The molecule has 0 radical (unpaired) electrons. The summed E-state index contributed by atoms with van der Waals surface area (Å²) in [5.74, 6) is 0.279. The van der Waals surface area contributed by atoms with Crippen LogP contribution in [-0.2, 0) is 4.79 Å². The molecule has 3 heteroatoms. The summed E-state index contributed by atoms with van der Waals surface area (Å²) in [6, 6.07) is 10.1. The Morgan fingerprint density at radius 3 is 2.60 bits per heavy atom. The van der Waals surface area contributed by atoms with Crippen molar-refractivity contribution in [3.8, 4) is 0 Å². The number of hydrogen-bond donors (Lipinski definition) is 0. The number of carbonyl (C=O) groups excluding carboxylic acids is 1. The molecule has 0 aromatic heterocycles. The lowest BCUT2D eigenvalue weighted by molar-refractivity contribution is -0.118. The maximum Gasteiger partial charge on any atom is 0.227 e. The fraction of sp³-hybridized carbons (Fsp3) is 0.409. The summed E-state index contributed by atoms with van der Waals surface area (Å²) in [7, 11) is 0. The Morgan fingerprint density at radius 1 is 1.24 bits per heavy atom. The second-order valence-corrected chi connectivity index (χ2v) is 7.25. The fourth-order valence-electron chi connectivity index (χ4n) is 4.04. The third-order valence-corrected chi connectivity index (χ3v) is 5.42. The number of nitrogens with zero attached hydrogens (tertiary/aromatic N) is 2. The largest absolute Gasteiger partial charge is 0.312 e. The number of anilines is 1. The zero-order valence-corrected chi connectivity index (χ0v) is 15.2. The van der Waals surface area contributed by atoms with E-state index in [0.29, 0.717) is 6.42 Å². The van der Waals surface area contributed by atoms with E-state index < -0.39 is 0 Å². The van der Waals surface area contributed by atoms with Gasteiger partial charge in [0.2, 0.25) is 5.91 Å². The van der Waals surface area contributed by atoms with Crippen molar-refractivity contribution in [1.82, 2.24) is 4.90 Å². The fourth-order valence-corrected chi connectivity index (χ4v) is 4.04. The minimum atomic E-state index is 0.159. The summed E-state index contributed by atoms with van der Waals surface area (Å²) in [4.78, 5) is 17.0. The first kappa shape index (κ1) is 17.7. The van der Waals surface area contributed by atoms with Crippen LogP contribution >= 0.6 is 0 Å². The Labute approximate surface area is 151 Å². The third kappa shape index (κ3) is 4.10. The first-order valence-electron chi connectivity index (χ1n) is 9.18. The average Bonchev–Trinajstić information content (AvgIpc) is 2.95. The van der Waals surface area contributed by atoms with Crippen molar-refractivity contribution in [2.24, 2.45) is 5.41 Å². The molecule has 2 fully saturated rings. The molecule has 2 heterocycles. The zero-order valence-electron chi connectivity index (χ0n) is 15.2. The van der Waals surface area contributed by atoms with Crippen LogP contribution in [0.2, 0.25) is 0 Å². The smallest absolute Gasteiger partial charge is 0.227 e. The van der Waals surface area contributed by atoms with Gasteiger partial charge >= 0.3 is 0 Å². The summed E-state index contributed by atoms with van der Waals surface area (Å²) in [6.07, 6.45) is 11.1. The van der Waals surface area contributed by atoms with Crippen LogP contribution < -0.4 is 4.90 Å². The molecule has 1 aromatic rings. The molecule has 2 aliphatic rings. The van der Waals surface area contributed by atoms with E-state index in [1.54, 1.807) is 0 Å². The lowest BCUT2D eigenvalue weighted by Gasteiger charge is -2.39. The number of carbonyl (C=O) groups is 1. The van der Waals surface area contributed by atoms with Crippen LogP contribution in [0, 0.1) is 5.41 Å². The number of para-hydroxylation sites is 1. The van der Waals surface area contributed by atoms with Crippen molar-refractivity contribution in [3.63, 3.8) is 0 Å². The SMILES string of the molecule is C=C/C=C(\C=C/C)CN1CCC2(CC1)CC(=O)N(c1ccccc1)C2. The summed E-state index contributed by atoms with van der Waals surface area (Å²) in [5.41, 5.74) is 2.49. The number of piperidine rings is 1. The maximum atomic E-state index is 12.6. The molecular formula is C22H28N2O. The van der Waals surface area contributed by atoms with Gasteiger partial charge in [-0.05, 0) is 56.0 Å². The van der Waals surface area contributed by atoms with Gasteiger partial charge in [0.15, 0.2) is 0 Å². The topological polar surface area (TPSA) is 23.6 Å². The molecule has 1 spiro atoms. The van der Waals surface area contributed by atoms with Crippen molar-refractivity contribution in [2.45, 2.75) is 26.2 Å². The first-order valence-corrected chi connectivity index (χ1v) is 9.18. The molecule has 1 amide bonds. The zero-order chi connectivity index (χ0) is 17.7. The van der Waals surface area contributed by atoms with E-state index in [4.69, 9.17) is 0 Å². The predicted molar refractivity (Wildman–Crippen MR) is 105 cm³/mol. The molecule has 0 unspecified atom stereocenters. The van der Waals surface area contributed by atoms with E-state index in [1.165, 1.54) is 5.57 Å². The summed E-state index contributed by atoms with van der Waals surface area (Å²) in [6.45, 7) is 9.80. The number of likely N-dealkylation sites (tertiary alicyclic amines) is 1. The van der Waals surface area contributed by atoms with E-state index in [2.05, 4.69) is 29.7 Å². The number of benzene rings is 1. The van der Waals surface area contributed by atoms with Gasteiger partial charge in [-0.15, -0.1) is 0 Å². The van der Waals surface area contributed by atoms with Crippen LogP contribution in [0.3, 0.4) is 0 Å². The number of allylic oxidation sites excluding steroid dienone is 3. The Kier molecular flexibility index (Phi) is 5.54. The molecule has 25 heavy (non-hydrogen) atoms. The van der Waals surface area contributed by atoms with Gasteiger partial charge < -0.3 is 4.90 Å². The highest BCUT2D eigenvalue weighted by Gasteiger charge is 2.45. The second kappa shape index (κ2) is 7.83. The van der Waals surface area contributed by atoms with E-state index >= 15 is 0 Å². The summed E-state index contributed by atoms with van der Waals surface area (Å²) >= 11 is 0. The van der Waals surface area contributed by atoms with Gasteiger partial charge in [0.25, 0.3) is 0 Å². The number of amides is 1. The molecule has 0 saturated carbocycles. The van der Waals surface area contributed by atoms with Gasteiger partial charge in [0, 0.05) is 25.2 Å². The highest BCUT2D eigenvalue weighted by Crippen LogP contribution is 2.42. The summed E-state index contributed by atoms with van der Waals surface area (Å²) < 4.78 is 0. The predicted octanol–water partition coefficient (Wildman–Crippen LogP) is 4.19. The molecular weight excluding hydrogens is 308 g/mol. The standard InChI is InChI=1S/C22H28N2O/c1-3-8-19(9-4-2)17-23-14-12-22(13-15-23)16-21(25)24(18-22)20-10-6-5-7-11-20/h3-11H,1,12-18H2,2H3/b9-4-,19-8+.